The summed E-state index contributed by atoms with van der Waals surface area (Å²) in [5.74, 6) is 0.562. The van der Waals surface area contributed by atoms with Crippen LogP contribution in [0.1, 0.15) is 11.1 Å². The molecule has 94 valence electrons. The van der Waals surface area contributed by atoms with Gasteiger partial charge in [-0.1, -0.05) is 6.07 Å². The molecule has 0 aliphatic heterocycles. The van der Waals surface area contributed by atoms with E-state index in [9.17, 15) is 4.79 Å². The molecule has 2 rings (SSSR count). The lowest BCUT2D eigenvalue weighted by Crippen LogP contribution is -2.13. The summed E-state index contributed by atoms with van der Waals surface area (Å²) < 4.78 is 1.50. The summed E-state index contributed by atoms with van der Waals surface area (Å²) in [6.07, 6.45) is 1.39. The van der Waals surface area contributed by atoms with Gasteiger partial charge in [0.05, 0.1) is 12.0 Å². The monoisotopic (exact) mass is 419 g/mol. The molecular weight excluding hydrogens is 409 g/mol. The number of hydrogen-bond donors (Lipinski definition) is 2. The Morgan fingerprint density at radius 2 is 2.11 bits per heavy atom. The fraction of sp³-hybridized carbons (Fsp3) is 0.167. The highest BCUT2D eigenvalue weighted by Gasteiger charge is 2.10. The van der Waals surface area contributed by atoms with Gasteiger partial charge in [-0.25, -0.2) is 4.98 Å². The maximum Gasteiger partial charge on any atom is 0.266 e. The molecule has 6 heteroatoms. The van der Waals surface area contributed by atoms with Crippen molar-refractivity contribution in [2.24, 2.45) is 0 Å². The lowest BCUT2D eigenvalue weighted by atomic mass is 10.1. The standard InChI is InChI=1S/C12H11BrIN3O/c1-6-3-7(2)10(8(13)4-6)17-11-9(14)12(18)16-5-15-11/h3-5H,1-2H3,(H2,15,16,17,18). The highest BCUT2D eigenvalue weighted by atomic mass is 127. The number of H-pyrrole nitrogens is 1. The average molecular weight is 420 g/mol. The van der Waals surface area contributed by atoms with Gasteiger partial charge in [0.2, 0.25) is 0 Å². The molecule has 2 aromatic rings. The van der Waals surface area contributed by atoms with Crippen molar-refractivity contribution in [3.8, 4) is 0 Å². The second-order valence-electron chi connectivity index (χ2n) is 3.96. The molecule has 0 radical (unpaired) electrons. The van der Waals surface area contributed by atoms with Crippen molar-refractivity contribution in [2.75, 3.05) is 5.32 Å². The quantitative estimate of drug-likeness (QED) is 0.732. The van der Waals surface area contributed by atoms with Crippen molar-refractivity contribution >= 4 is 50.0 Å². The van der Waals surface area contributed by atoms with E-state index in [1.54, 1.807) is 0 Å². The SMILES string of the molecule is Cc1cc(C)c(Nc2nc[nH]c(=O)c2I)c(Br)c1. The van der Waals surface area contributed by atoms with E-state index in [0.29, 0.717) is 9.39 Å². The molecular formula is C12H11BrIN3O. The molecule has 0 amide bonds. The number of rotatable bonds is 2. The van der Waals surface area contributed by atoms with E-state index in [1.165, 1.54) is 11.9 Å². The van der Waals surface area contributed by atoms with Gasteiger partial charge in [-0.3, -0.25) is 4.79 Å². The number of benzene rings is 1. The van der Waals surface area contributed by atoms with Gasteiger partial charge in [0.1, 0.15) is 3.57 Å². The first-order valence-corrected chi connectivity index (χ1v) is 7.13. The number of hydrogen-bond acceptors (Lipinski definition) is 3. The Morgan fingerprint density at radius 1 is 1.39 bits per heavy atom. The molecule has 0 saturated carbocycles. The lowest BCUT2D eigenvalue weighted by Gasteiger charge is -2.12. The van der Waals surface area contributed by atoms with Crippen LogP contribution in [0.2, 0.25) is 0 Å². The molecule has 1 heterocycles. The van der Waals surface area contributed by atoms with Crippen LogP contribution in [-0.2, 0) is 0 Å². The summed E-state index contributed by atoms with van der Waals surface area (Å²) >= 11 is 5.50. The van der Waals surface area contributed by atoms with Crippen molar-refractivity contribution in [2.45, 2.75) is 13.8 Å². The molecule has 0 aliphatic rings. The normalized spacial score (nSPS) is 10.4. The van der Waals surface area contributed by atoms with Crippen LogP contribution in [0.25, 0.3) is 0 Å². The largest absolute Gasteiger partial charge is 0.338 e. The minimum Gasteiger partial charge on any atom is -0.338 e. The van der Waals surface area contributed by atoms with Crippen molar-refractivity contribution in [3.05, 3.63) is 48.0 Å². The van der Waals surface area contributed by atoms with E-state index < -0.39 is 0 Å². The van der Waals surface area contributed by atoms with E-state index in [4.69, 9.17) is 0 Å². The predicted molar refractivity (Wildman–Crippen MR) is 84.5 cm³/mol. The molecule has 1 aromatic heterocycles. The van der Waals surface area contributed by atoms with Crippen LogP contribution in [-0.4, -0.2) is 9.97 Å². The summed E-state index contributed by atoms with van der Waals surface area (Å²) in [5, 5.41) is 3.19. The Balaban J connectivity index is 2.47. The van der Waals surface area contributed by atoms with Gasteiger partial charge in [0.25, 0.3) is 5.56 Å². The van der Waals surface area contributed by atoms with Gasteiger partial charge in [0, 0.05) is 4.47 Å². The Labute approximate surface area is 126 Å². The lowest BCUT2D eigenvalue weighted by molar-refractivity contribution is 1.10. The second-order valence-corrected chi connectivity index (χ2v) is 5.89. The Kier molecular flexibility index (Phi) is 4.06. The number of aryl methyl sites for hydroxylation is 2. The first-order chi connectivity index (χ1) is 8.49. The van der Waals surface area contributed by atoms with Crippen LogP contribution in [0.15, 0.2) is 27.7 Å². The van der Waals surface area contributed by atoms with Crippen LogP contribution >= 0.6 is 38.5 Å². The minimum atomic E-state index is -0.144. The van der Waals surface area contributed by atoms with Crippen molar-refractivity contribution in [1.82, 2.24) is 9.97 Å². The van der Waals surface area contributed by atoms with Crippen LogP contribution in [0.4, 0.5) is 11.5 Å². The van der Waals surface area contributed by atoms with E-state index in [2.05, 4.69) is 37.3 Å². The van der Waals surface area contributed by atoms with Crippen molar-refractivity contribution in [3.63, 3.8) is 0 Å². The van der Waals surface area contributed by atoms with Crippen LogP contribution < -0.4 is 10.9 Å². The van der Waals surface area contributed by atoms with Crippen molar-refractivity contribution < 1.29 is 0 Å². The number of nitrogens with zero attached hydrogens (tertiary/aromatic N) is 1. The zero-order chi connectivity index (χ0) is 13.3. The molecule has 18 heavy (non-hydrogen) atoms. The number of anilines is 2. The van der Waals surface area contributed by atoms with Gasteiger partial charge in [-0.05, 0) is 69.6 Å². The van der Waals surface area contributed by atoms with Crippen LogP contribution in [0, 0.1) is 17.4 Å². The fourth-order valence-corrected chi connectivity index (χ4v) is 2.87. The summed E-state index contributed by atoms with van der Waals surface area (Å²) in [5.41, 5.74) is 3.06. The maximum absolute atomic E-state index is 11.5. The second kappa shape index (κ2) is 5.40. The first-order valence-electron chi connectivity index (χ1n) is 5.26. The molecule has 1 aromatic carbocycles. The first kappa shape index (κ1) is 13.5. The number of nitrogens with one attached hydrogen (secondary N) is 2. The molecule has 4 nitrogen and oxygen atoms in total. The van der Waals surface area contributed by atoms with Gasteiger partial charge in [-0.2, -0.15) is 0 Å². The fourth-order valence-electron chi connectivity index (χ4n) is 1.66. The zero-order valence-corrected chi connectivity index (χ0v) is 13.6. The van der Waals surface area contributed by atoms with Gasteiger partial charge >= 0.3 is 0 Å². The van der Waals surface area contributed by atoms with E-state index in [1.807, 2.05) is 42.5 Å². The summed E-state index contributed by atoms with van der Waals surface area (Å²) in [7, 11) is 0. The van der Waals surface area contributed by atoms with Gasteiger partial charge in [0.15, 0.2) is 5.82 Å². The van der Waals surface area contributed by atoms with E-state index in [0.717, 1.165) is 15.7 Å². The third-order valence-electron chi connectivity index (χ3n) is 2.47. The Morgan fingerprint density at radius 3 is 2.78 bits per heavy atom. The summed E-state index contributed by atoms with van der Waals surface area (Å²) in [6, 6.07) is 4.10. The van der Waals surface area contributed by atoms with Crippen LogP contribution in [0.5, 0.6) is 0 Å². The number of halogens is 2. The third kappa shape index (κ3) is 2.74. The molecule has 0 bridgehead atoms. The molecule has 0 fully saturated rings. The topological polar surface area (TPSA) is 57.8 Å². The highest BCUT2D eigenvalue weighted by molar-refractivity contribution is 14.1. The smallest absolute Gasteiger partial charge is 0.266 e. The average Bonchev–Trinajstić information content (AvgIpc) is 2.28. The summed E-state index contributed by atoms with van der Waals surface area (Å²) in [4.78, 5) is 18.2. The molecule has 0 spiro atoms. The summed E-state index contributed by atoms with van der Waals surface area (Å²) in [6.45, 7) is 4.05. The molecule has 0 unspecified atom stereocenters. The van der Waals surface area contributed by atoms with Crippen LogP contribution in [0.3, 0.4) is 0 Å². The maximum atomic E-state index is 11.5. The Hall–Kier alpha value is -0.890. The predicted octanol–water partition coefficient (Wildman–Crippen LogP) is 3.50. The van der Waals surface area contributed by atoms with E-state index in [-0.39, 0.29) is 5.56 Å². The highest BCUT2D eigenvalue weighted by Crippen LogP contribution is 2.30. The van der Waals surface area contributed by atoms with Gasteiger partial charge < -0.3 is 10.3 Å². The van der Waals surface area contributed by atoms with Crippen molar-refractivity contribution in [1.29, 1.82) is 0 Å². The van der Waals surface area contributed by atoms with E-state index >= 15 is 0 Å². The third-order valence-corrected chi connectivity index (χ3v) is 4.10. The molecule has 0 aliphatic carbocycles. The molecule has 0 saturated heterocycles. The van der Waals surface area contributed by atoms with Gasteiger partial charge in [-0.15, -0.1) is 0 Å². The number of aromatic amines is 1. The molecule has 0 atom stereocenters. The molecule has 2 N–H and O–H groups in total. The zero-order valence-electron chi connectivity index (χ0n) is 9.84. The number of aromatic nitrogens is 2. The Bertz CT molecular complexity index is 631. The minimum absolute atomic E-state index is 0.144.